The van der Waals surface area contributed by atoms with Gasteiger partial charge in [0.15, 0.2) is 20.4 Å². The Labute approximate surface area is 360 Å². The molecule has 0 unspecified atom stereocenters. The first-order chi connectivity index (χ1) is 27.3. The normalized spacial score (nSPS) is 18.2. The fourth-order valence-corrected chi connectivity index (χ4v) is 8.91. The summed E-state index contributed by atoms with van der Waals surface area (Å²) in [7, 11) is 0. The highest BCUT2D eigenvalue weighted by atomic mass is 32.1. The number of thiocarbonyl (C=S) groups is 4. The molecule has 0 aliphatic carbocycles. The SMILES string of the molecule is CCCCCCCCC1CN2CN(C1)C(=S)NCc1ccc(cc1)CNC(=S)N1CC(CCCCCCCC)CN(C1)C(=S)NCc1ccc(cc1)CNC2=S. The van der Waals surface area contributed by atoms with Crippen LogP contribution in [0, 0.1) is 11.8 Å². The zero-order valence-electron chi connectivity index (χ0n) is 34.2. The lowest BCUT2D eigenvalue weighted by molar-refractivity contribution is 0.145. The first-order valence-electron chi connectivity index (χ1n) is 21.6. The molecule has 6 aliphatic heterocycles. The predicted octanol–water partition coefficient (Wildman–Crippen LogP) is 8.78. The minimum atomic E-state index is 0.510. The van der Waals surface area contributed by atoms with Crippen LogP contribution in [0.4, 0.5) is 0 Å². The van der Waals surface area contributed by atoms with Gasteiger partial charge in [0.1, 0.15) is 0 Å². The third-order valence-corrected chi connectivity index (χ3v) is 13.1. The highest BCUT2D eigenvalue weighted by molar-refractivity contribution is 7.80. The van der Waals surface area contributed by atoms with E-state index in [-0.39, 0.29) is 0 Å². The van der Waals surface area contributed by atoms with Crippen LogP contribution < -0.4 is 21.3 Å². The Kier molecular flexibility index (Phi) is 19.1. The van der Waals surface area contributed by atoms with E-state index in [1.807, 2.05) is 0 Å². The van der Waals surface area contributed by atoms with E-state index in [4.69, 9.17) is 48.9 Å². The van der Waals surface area contributed by atoms with Gasteiger partial charge in [0.05, 0.1) is 13.3 Å². The van der Waals surface area contributed by atoms with Crippen molar-refractivity contribution >= 4 is 69.3 Å². The van der Waals surface area contributed by atoms with E-state index in [0.29, 0.717) is 51.4 Å². The zero-order chi connectivity index (χ0) is 39.5. The third-order valence-electron chi connectivity index (χ3n) is 11.5. The molecule has 8 rings (SSSR count). The van der Waals surface area contributed by atoms with Crippen molar-refractivity contribution in [2.45, 2.75) is 130 Å². The van der Waals surface area contributed by atoms with Crippen LogP contribution >= 0.6 is 48.9 Å². The van der Waals surface area contributed by atoms with Crippen molar-refractivity contribution in [3.8, 4) is 0 Å². The number of unbranched alkanes of at least 4 members (excludes halogenated alkanes) is 10. The molecule has 0 radical (unpaired) electrons. The molecule has 2 fully saturated rings. The lowest BCUT2D eigenvalue weighted by Gasteiger charge is -2.42. The van der Waals surface area contributed by atoms with Gasteiger partial charge < -0.3 is 40.9 Å². The molecule has 8 bridgehead atoms. The summed E-state index contributed by atoms with van der Waals surface area (Å²) in [5.41, 5.74) is 4.80. The van der Waals surface area contributed by atoms with E-state index in [9.17, 15) is 0 Å². The summed E-state index contributed by atoms with van der Waals surface area (Å²) in [5, 5.41) is 17.4. The van der Waals surface area contributed by atoms with Crippen LogP contribution in [0.15, 0.2) is 48.5 Å². The summed E-state index contributed by atoms with van der Waals surface area (Å²) in [4.78, 5) is 9.24. The van der Waals surface area contributed by atoms with Gasteiger partial charge in [-0.1, -0.05) is 139 Å². The van der Waals surface area contributed by atoms with Crippen LogP contribution in [-0.4, -0.2) is 79.6 Å². The lowest BCUT2D eigenvalue weighted by atomic mass is 9.97. The van der Waals surface area contributed by atoms with E-state index in [1.54, 1.807) is 0 Å². The van der Waals surface area contributed by atoms with Crippen LogP contribution in [0.3, 0.4) is 0 Å². The lowest BCUT2D eigenvalue weighted by Crippen LogP contribution is -2.57. The second-order valence-electron chi connectivity index (χ2n) is 16.3. The maximum absolute atomic E-state index is 6.02. The standard InChI is InChI=1S/C44H68N8S4/c1-3-5-7-9-11-13-15-39-29-49-33-50(30-39)42(54)46-26-36-19-23-38(24-20-36)28-48-44(56)52-32-40(16-14-12-10-8-6-4-2)31-51(34-52)43(55)47-27-37-21-17-35(18-22-37)25-45-41(49)53/h17-24,39-40H,3-16,25-34H2,1-2H3,(H,45,53)(H,46,54)(H,47,55)(H,48,56). The molecule has 0 atom stereocenters. The second-order valence-corrected chi connectivity index (χ2v) is 17.8. The van der Waals surface area contributed by atoms with Crippen LogP contribution in [-0.2, 0) is 26.2 Å². The smallest absolute Gasteiger partial charge is 0.170 e. The molecule has 0 amide bonds. The summed E-state index contributed by atoms with van der Waals surface area (Å²) in [6, 6.07) is 17.5. The van der Waals surface area contributed by atoms with Crippen LogP contribution in [0.25, 0.3) is 0 Å². The van der Waals surface area contributed by atoms with Gasteiger partial charge in [0.2, 0.25) is 0 Å². The average molecular weight is 837 g/mol. The Morgan fingerprint density at radius 1 is 0.411 bits per heavy atom. The van der Waals surface area contributed by atoms with Crippen molar-refractivity contribution in [2.75, 3.05) is 39.5 Å². The molecule has 12 heteroatoms. The van der Waals surface area contributed by atoms with Gasteiger partial charge in [-0.2, -0.15) is 0 Å². The number of benzene rings is 2. The van der Waals surface area contributed by atoms with Gasteiger partial charge in [0.25, 0.3) is 0 Å². The second kappa shape index (κ2) is 24.2. The highest BCUT2D eigenvalue weighted by Gasteiger charge is 2.29. The molecule has 308 valence electrons. The fraction of sp³-hybridized carbons (Fsp3) is 0.636. The van der Waals surface area contributed by atoms with Crippen molar-refractivity contribution in [1.82, 2.24) is 40.9 Å². The van der Waals surface area contributed by atoms with Gasteiger partial charge in [-0.15, -0.1) is 0 Å². The molecule has 2 aromatic rings. The topological polar surface area (TPSA) is 61.1 Å². The fourth-order valence-electron chi connectivity index (χ4n) is 8.09. The number of hydrogen-bond acceptors (Lipinski definition) is 4. The number of nitrogens with zero attached hydrogens (tertiary/aromatic N) is 4. The minimum absolute atomic E-state index is 0.510. The molecule has 6 aliphatic rings. The van der Waals surface area contributed by atoms with Crippen molar-refractivity contribution < 1.29 is 0 Å². The molecule has 0 spiro atoms. The van der Waals surface area contributed by atoms with E-state index < -0.39 is 0 Å². The maximum Gasteiger partial charge on any atom is 0.170 e. The van der Waals surface area contributed by atoms with Crippen molar-refractivity contribution in [3.05, 3.63) is 70.8 Å². The maximum atomic E-state index is 6.02. The molecule has 0 saturated carbocycles. The molecule has 6 heterocycles. The molecule has 56 heavy (non-hydrogen) atoms. The molecule has 2 saturated heterocycles. The summed E-state index contributed by atoms with van der Waals surface area (Å²) >= 11 is 24.1. The van der Waals surface area contributed by atoms with Crippen LogP contribution in [0.1, 0.15) is 126 Å². The molecular weight excluding hydrogens is 769 g/mol. The summed E-state index contributed by atoms with van der Waals surface area (Å²) < 4.78 is 0. The Bertz CT molecular complexity index is 1310. The van der Waals surface area contributed by atoms with E-state index in [1.165, 1.54) is 112 Å². The first-order valence-corrected chi connectivity index (χ1v) is 23.2. The number of rotatable bonds is 14. The van der Waals surface area contributed by atoms with Crippen molar-refractivity contribution in [2.24, 2.45) is 11.8 Å². The molecule has 0 aromatic heterocycles. The van der Waals surface area contributed by atoms with Crippen LogP contribution in [0.2, 0.25) is 0 Å². The minimum Gasteiger partial charge on any atom is -0.358 e. The largest absolute Gasteiger partial charge is 0.358 e. The highest BCUT2D eigenvalue weighted by Crippen LogP contribution is 2.22. The summed E-state index contributed by atoms with van der Waals surface area (Å²) in [6.45, 7) is 12.5. The molecule has 2 aromatic carbocycles. The van der Waals surface area contributed by atoms with Gasteiger partial charge in [-0.05, 0) is 95.8 Å². The van der Waals surface area contributed by atoms with Crippen molar-refractivity contribution in [3.63, 3.8) is 0 Å². The van der Waals surface area contributed by atoms with Gasteiger partial charge in [0, 0.05) is 52.4 Å². The van der Waals surface area contributed by atoms with E-state index in [0.717, 1.165) is 46.6 Å². The van der Waals surface area contributed by atoms with Gasteiger partial charge in [-0.25, -0.2) is 0 Å². The first kappa shape index (κ1) is 44.3. The van der Waals surface area contributed by atoms with E-state index in [2.05, 4.69) is 103 Å². The summed E-state index contributed by atoms with van der Waals surface area (Å²) in [5.74, 6) is 1.02. The van der Waals surface area contributed by atoms with E-state index >= 15 is 0 Å². The molecule has 8 nitrogen and oxygen atoms in total. The third kappa shape index (κ3) is 14.9. The quantitative estimate of drug-likeness (QED) is 0.109. The Balaban J connectivity index is 1.26. The Hall–Kier alpha value is -2.80. The molecular formula is C44H68N8S4. The van der Waals surface area contributed by atoms with Crippen LogP contribution in [0.5, 0.6) is 0 Å². The van der Waals surface area contributed by atoms with Gasteiger partial charge in [-0.3, -0.25) is 0 Å². The van der Waals surface area contributed by atoms with Gasteiger partial charge >= 0.3 is 0 Å². The number of hydrogen-bond donors (Lipinski definition) is 4. The average Bonchev–Trinajstić information content (AvgIpc) is 3.22. The zero-order valence-corrected chi connectivity index (χ0v) is 37.4. The number of nitrogens with one attached hydrogen (secondary N) is 4. The molecule has 4 N–H and O–H groups in total. The monoisotopic (exact) mass is 836 g/mol. The van der Waals surface area contributed by atoms with Crippen molar-refractivity contribution in [1.29, 1.82) is 0 Å². The predicted molar refractivity (Wildman–Crippen MR) is 250 cm³/mol. The summed E-state index contributed by atoms with van der Waals surface area (Å²) in [6.07, 6.45) is 18.1. The Morgan fingerprint density at radius 3 is 0.929 bits per heavy atom. The Morgan fingerprint density at radius 2 is 0.661 bits per heavy atom.